The number of nitrogens with zero attached hydrogens (tertiary/aromatic N) is 2. The Morgan fingerprint density at radius 3 is 2.71 bits per heavy atom. The molecule has 0 saturated heterocycles. The molecule has 3 heterocycles. The predicted octanol–water partition coefficient (Wildman–Crippen LogP) is 5.92. The largest absolute Gasteiger partial charge is 0.444 e. The van der Waals surface area contributed by atoms with Gasteiger partial charge in [-0.05, 0) is 51.8 Å². The average molecular weight is 416 g/mol. The van der Waals surface area contributed by atoms with Crippen LogP contribution in [0, 0.1) is 0 Å². The van der Waals surface area contributed by atoms with Crippen LogP contribution in [0.15, 0.2) is 24.3 Å². The number of para-hydroxylation sites is 1. The molecule has 28 heavy (non-hydrogen) atoms. The maximum absolute atomic E-state index is 12.7. The zero-order chi connectivity index (χ0) is 20.1. The van der Waals surface area contributed by atoms with Gasteiger partial charge in [0.15, 0.2) is 0 Å². The second kappa shape index (κ2) is 7.04. The van der Waals surface area contributed by atoms with Crippen molar-refractivity contribution in [3.63, 3.8) is 0 Å². The van der Waals surface area contributed by atoms with Crippen LogP contribution >= 0.6 is 22.7 Å². The first kappa shape index (κ1) is 19.2. The molecule has 1 unspecified atom stereocenters. The fourth-order valence-corrected chi connectivity index (χ4v) is 5.97. The Morgan fingerprint density at radius 2 is 2.04 bits per heavy atom. The van der Waals surface area contributed by atoms with Crippen molar-refractivity contribution in [2.24, 2.45) is 0 Å². The molecule has 1 amide bonds. The number of ether oxygens (including phenoxy) is 1. The first-order valence-electron chi connectivity index (χ1n) is 9.47. The van der Waals surface area contributed by atoms with Gasteiger partial charge in [0.25, 0.3) is 0 Å². The van der Waals surface area contributed by atoms with E-state index in [1.165, 1.54) is 20.7 Å². The molecule has 1 atom stereocenters. The van der Waals surface area contributed by atoms with E-state index < -0.39 is 5.60 Å². The van der Waals surface area contributed by atoms with Crippen LogP contribution in [0.25, 0.3) is 20.8 Å². The second-order valence-electron chi connectivity index (χ2n) is 7.99. The van der Waals surface area contributed by atoms with Gasteiger partial charge in [-0.25, -0.2) is 9.78 Å². The Morgan fingerprint density at radius 1 is 1.29 bits per heavy atom. The summed E-state index contributed by atoms with van der Waals surface area (Å²) < 4.78 is 6.81. The van der Waals surface area contributed by atoms with Crippen LogP contribution in [-0.2, 0) is 11.2 Å². The summed E-state index contributed by atoms with van der Waals surface area (Å²) in [4.78, 5) is 20.6. The second-order valence-corrected chi connectivity index (χ2v) is 10.1. The van der Waals surface area contributed by atoms with Crippen LogP contribution in [0.2, 0.25) is 0 Å². The van der Waals surface area contributed by atoms with Gasteiger partial charge in [0.2, 0.25) is 0 Å². The summed E-state index contributed by atoms with van der Waals surface area (Å²) in [6.45, 7) is 8.45. The maximum atomic E-state index is 12.7. The molecule has 1 aliphatic rings. The van der Waals surface area contributed by atoms with E-state index >= 15 is 0 Å². The molecule has 2 aromatic heterocycles. The number of hydrogen-bond donors (Lipinski definition) is 1. The van der Waals surface area contributed by atoms with Crippen LogP contribution in [0.5, 0.6) is 0 Å². The smallest absolute Gasteiger partial charge is 0.410 e. The Hall–Kier alpha value is -2.12. The van der Waals surface area contributed by atoms with Crippen molar-refractivity contribution >= 4 is 44.0 Å². The number of carbonyl (C=O) groups is 1. The molecule has 0 bridgehead atoms. The first-order valence-corrected chi connectivity index (χ1v) is 11.1. The van der Waals surface area contributed by atoms with E-state index in [4.69, 9.17) is 9.72 Å². The van der Waals surface area contributed by atoms with Gasteiger partial charge in [-0.2, -0.15) is 0 Å². The number of thiophene rings is 1. The minimum atomic E-state index is -0.491. The van der Waals surface area contributed by atoms with Crippen molar-refractivity contribution in [1.82, 2.24) is 9.88 Å². The van der Waals surface area contributed by atoms with Crippen LogP contribution in [0.1, 0.15) is 44.2 Å². The van der Waals surface area contributed by atoms with E-state index in [9.17, 15) is 4.79 Å². The quantitative estimate of drug-likeness (QED) is 0.564. The van der Waals surface area contributed by atoms with Gasteiger partial charge in [0, 0.05) is 24.0 Å². The lowest BCUT2D eigenvalue weighted by Crippen LogP contribution is -2.41. The van der Waals surface area contributed by atoms with E-state index in [-0.39, 0.29) is 12.1 Å². The average Bonchev–Trinajstić information content (AvgIpc) is 3.21. The van der Waals surface area contributed by atoms with Gasteiger partial charge in [0.05, 0.1) is 21.3 Å². The molecule has 3 aromatic rings. The molecule has 1 aliphatic heterocycles. The number of anilines is 1. The SMILES string of the molecule is CNc1sc2c(c1-c1nc3ccccc3s1)CCN(C(=O)OC(C)(C)C)C2C. The third-order valence-electron chi connectivity index (χ3n) is 4.85. The highest BCUT2D eigenvalue weighted by atomic mass is 32.1. The summed E-state index contributed by atoms with van der Waals surface area (Å²) in [5, 5.41) is 5.50. The third kappa shape index (κ3) is 3.37. The molecule has 0 aliphatic carbocycles. The van der Waals surface area contributed by atoms with Crippen molar-refractivity contribution in [2.75, 3.05) is 18.9 Å². The normalized spacial score (nSPS) is 16.9. The lowest BCUT2D eigenvalue weighted by atomic mass is 9.98. The van der Waals surface area contributed by atoms with Crippen molar-refractivity contribution in [2.45, 2.75) is 45.8 Å². The Bertz CT molecular complexity index is 999. The molecule has 1 N–H and O–H groups in total. The molecule has 0 saturated carbocycles. The minimum absolute atomic E-state index is 0.0150. The van der Waals surface area contributed by atoms with E-state index in [2.05, 4.69) is 24.4 Å². The highest BCUT2D eigenvalue weighted by Gasteiger charge is 2.35. The number of aromatic nitrogens is 1. The number of rotatable bonds is 2. The highest BCUT2D eigenvalue weighted by molar-refractivity contribution is 7.22. The van der Waals surface area contributed by atoms with Crippen LogP contribution in [-0.4, -0.2) is 35.2 Å². The molecule has 5 nitrogen and oxygen atoms in total. The summed E-state index contributed by atoms with van der Waals surface area (Å²) in [7, 11) is 1.95. The number of thiazole rings is 1. The first-order chi connectivity index (χ1) is 13.3. The molecule has 4 rings (SSSR count). The fourth-order valence-electron chi connectivity index (χ4n) is 3.59. The predicted molar refractivity (Wildman–Crippen MR) is 118 cm³/mol. The van der Waals surface area contributed by atoms with E-state index in [0.717, 1.165) is 21.9 Å². The zero-order valence-electron chi connectivity index (χ0n) is 16.8. The molecule has 148 valence electrons. The van der Waals surface area contributed by atoms with E-state index in [0.29, 0.717) is 6.54 Å². The number of hydrogen-bond acceptors (Lipinski definition) is 6. The summed E-state index contributed by atoms with van der Waals surface area (Å²) in [5.41, 5.74) is 3.04. The third-order valence-corrected chi connectivity index (χ3v) is 7.32. The molecule has 0 radical (unpaired) electrons. The maximum Gasteiger partial charge on any atom is 0.410 e. The van der Waals surface area contributed by atoms with Gasteiger partial charge in [-0.1, -0.05) is 12.1 Å². The molecule has 7 heteroatoms. The van der Waals surface area contributed by atoms with E-state index in [1.54, 1.807) is 22.7 Å². The topological polar surface area (TPSA) is 54.5 Å². The number of amides is 1. The highest BCUT2D eigenvalue weighted by Crippen LogP contribution is 2.48. The van der Waals surface area contributed by atoms with Crippen LogP contribution in [0.3, 0.4) is 0 Å². The standard InChI is InChI=1S/C21H25N3O2S2/c1-12-17-13(10-11-24(12)20(25)26-21(2,3)4)16(18(22-5)28-17)19-23-14-8-6-7-9-15(14)27-19/h6-9,12,22H,10-11H2,1-5H3. The van der Waals surface area contributed by atoms with Crippen molar-refractivity contribution in [3.8, 4) is 10.6 Å². The van der Waals surface area contributed by atoms with Gasteiger partial charge < -0.3 is 15.0 Å². The molecular weight excluding hydrogens is 390 g/mol. The van der Waals surface area contributed by atoms with Crippen LogP contribution < -0.4 is 5.32 Å². The fraction of sp³-hybridized carbons (Fsp3) is 0.429. The summed E-state index contributed by atoms with van der Waals surface area (Å²) in [6.07, 6.45) is 0.564. The number of fused-ring (bicyclic) bond motifs is 2. The number of carbonyl (C=O) groups excluding carboxylic acids is 1. The summed E-state index contributed by atoms with van der Waals surface area (Å²) in [6, 6.07) is 8.22. The van der Waals surface area contributed by atoms with Crippen LogP contribution in [0.4, 0.5) is 9.80 Å². The Labute approximate surface area is 173 Å². The number of nitrogens with one attached hydrogen (secondary N) is 1. The lowest BCUT2D eigenvalue weighted by Gasteiger charge is -2.35. The summed E-state index contributed by atoms with van der Waals surface area (Å²) >= 11 is 3.44. The Kier molecular flexibility index (Phi) is 4.83. The minimum Gasteiger partial charge on any atom is -0.444 e. The van der Waals surface area contributed by atoms with Crippen molar-refractivity contribution < 1.29 is 9.53 Å². The molecule has 0 spiro atoms. The summed E-state index contributed by atoms with van der Waals surface area (Å²) in [5.74, 6) is 0. The van der Waals surface area contributed by atoms with Crippen molar-refractivity contribution in [1.29, 1.82) is 0 Å². The van der Waals surface area contributed by atoms with E-state index in [1.807, 2.05) is 44.9 Å². The Balaban J connectivity index is 1.73. The monoisotopic (exact) mass is 415 g/mol. The number of benzene rings is 1. The molecule has 1 aromatic carbocycles. The zero-order valence-corrected chi connectivity index (χ0v) is 18.5. The van der Waals surface area contributed by atoms with Gasteiger partial charge in [0.1, 0.15) is 10.6 Å². The lowest BCUT2D eigenvalue weighted by molar-refractivity contribution is 0.0164. The molecule has 0 fully saturated rings. The molecular formula is C21H25N3O2S2. The van der Waals surface area contributed by atoms with Crippen molar-refractivity contribution in [3.05, 3.63) is 34.7 Å². The van der Waals surface area contributed by atoms with Gasteiger partial charge in [-0.3, -0.25) is 0 Å². The van der Waals surface area contributed by atoms with Gasteiger partial charge >= 0.3 is 6.09 Å². The van der Waals surface area contributed by atoms with Gasteiger partial charge in [-0.15, -0.1) is 22.7 Å².